The SMILES string of the molecule is CN[C@@H](Cc1c[nH]c2ccccc12)C(=O)N[C@@H](Cc1ccc(O)cc1)C(=O)N[C@@H](CCCN)C(=O)N[C@@H](CSCC(=O)N[C@@H](Cc1cc(F)c(F)c(F)c1)C(=O)N(C)[C@@H](Cc1ccccc1)C(=O)N(C)[C@@H](C)C(=O)N(C)[C@H](C)C(=O)N[C@H](C=O)CCC=O)C(=O)NCC(N)=O. The molecule has 512 valence electrons. The lowest BCUT2D eigenvalue weighted by molar-refractivity contribution is -0.151. The Morgan fingerprint density at radius 1 is 0.621 bits per heavy atom. The second-order valence-electron chi connectivity index (χ2n) is 22.7. The molecule has 0 fully saturated rings. The Balaban J connectivity index is 1.37. The third-order valence-electron chi connectivity index (χ3n) is 15.9. The number of aromatic nitrogens is 1. The molecule has 5 aromatic rings. The van der Waals surface area contributed by atoms with Crippen LogP contribution in [0.25, 0.3) is 10.9 Å². The minimum Gasteiger partial charge on any atom is -0.508 e. The van der Waals surface area contributed by atoms with E-state index in [1.807, 2.05) is 24.3 Å². The minimum atomic E-state index is -1.82. The maximum absolute atomic E-state index is 14.9. The lowest BCUT2D eigenvalue weighted by atomic mass is 10.00. The summed E-state index contributed by atoms with van der Waals surface area (Å²) in [7, 11) is 5.36. The number of nitrogens with two attached hydrogens (primary N) is 2. The summed E-state index contributed by atoms with van der Waals surface area (Å²) in [6.45, 7) is 2.09. The fourth-order valence-electron chi connectivity index (χ4n) is 10.1. The first-order chi connectivity index (χ1) is 45.2. The summed E-state index contributed by atoms with van der Waals surface area (Å²) in [6.07, 6.45) is 2.07. The number of aromatic amines is 1. The van der Waals surface area contributed by atoms with E-state index in [9.17, 15) is 75.8 Å². The molecule has 4 aromatic carbocycles. The summed E-state index contributed by atoms with van der Waals surface area (Å²) in [6, 6.07) is 11.0. The van der Waals surface area contributed by atoms with Crippen LogP contribution in [-0.2, 0) is 83.2 Å². The van der Waals surface area contributed by atoms with Crippen molar-refractivity contribution in [1.29, 1.82) is 0 Å². The largest absolute Gasteiger partial charge is 0.508 e. The molecule has 0 unspecified atom stereocenters. The minimum absolute atomic E-state index is 0.0175. The first kappa shape index (κ1) is 76.0. The number of fused-ring (bicyclic) bond motifs is 1. The number of nitrogens with one attached hydrogen (secondary N) is 8. The fourth-order valence-corrected chi connectivity index (χ4v) is 10.9. The van der Waals surface area contributed by atoms with Crippen LogP contribution in [-0.4, -0.2) is 204 Å². The molecule has 9 atom stereocenters. The van der Waals surface area contributed by atoms with Gasteiger partial charge in [0.05, 0.1) is 24.4 Å². The van der Waals surface area contributed by atoms with Crippen molar-refractivity contribution < 1.29 is 75.8 Å². The summed E-state index contributed by atoms with van der Waals surface area (Å²) in [5.41, 5.74) is 13.6. The van der Waals surface area contributed by atoms with Gasteiger partial charge in [0, 0.05) is 69.7 Å². The third-order valence-corrected chi connectivity index (χ3v) is 16.9. The summed E-state index contributed by atoms with van der Waals surface area (Å²) < 4.78 is 43.9. The van der Waals surface area contributed by atoms with Crippen molar-refractivity contribution in [3.8, 4) is 5.75 Å². The first-order valence-electron chi connectivity index (χ1n) is 30.4. The van der Waals surface area contributed by atoms with Crippen molar-refractivity contribution in [3.05, 3.63) is 137 Å². The van der Waals surface area contributed by atoms with E-state index >= 15 is 0 Å². The number of carbonyl (C=O) groups is 12. The zero-order valence-electron chi connectivity index (χ0n) is 53.5. The highest BCUT2D eigenvalue weighted by Crippen LogP contribution is 2.22. The summed E-state index contributed by atoms with van der Waals surface area (Å²) in [4.78, 5) is 168. The van der Waals surface area contributed by atoms with E-state index in [1.165, 1.54) is 47.1 Å². The van der Waals surface area contributed by atoms with Gasteiger partial charge in [0.1, 0.15) is 60.6 Å². The van der Waals surface area contributed by atoms with Crippen molar-refractivity contribution >= 4 is 94.3 Å². The number of aromatic hydroxyl groups is 1. The van der Waals surface area contributed by atoms with Crippen LogP contribution >= 0.6 is 11.8 Å². The standard InChI is InChI=1S/C65H82F3N13O13S/c1-37(58(87)74-43(34-83)16-13-25-82)79(4)63(92)38(2)80(5)65(94)54(30-39-14-8-7-9-15-39)81(6)64(93)52(29-41-26-46(66)57(68)47(67)27-41)75-56(86)36-95-35-53(59(88)73-33-55(70)85)78-60(89)49(19-12-24-69)76-62(91)51(28-40-20-22-44(84)23-21-40)77-61(90)50(71-3)31-42-32-72-48-18-11-10-17-45(42)48/h7-11,14-15,17-18,20-23,25-27,32,34,37-38,43,49-54,71-72,84H,12-13,16,19,24,28-31,33,35-36,69H2,1-6H3,(H2,70,85)(H,73,88)(H,74,87)(H,75,86)(H,76,91)(H,77,90)(H,78,89)/t37-,38+,43+,49+,50+,51+,52+,53+,54+/m1/s1. The Bertz CT molecular complexity index is 3490. The molecule has 0 aliphatic heterocycles. The number of likely N-dealkylation sites (N-methyl/N-ethyl adjacent to an activating group) is 4. The van der Waals surface area contributed by atoms with Gasteiger partial charge in [0.25, 0.3) is 0 Å². The van der Waals surface area contributed by atoms with Crippen LogP contribution in [0.2, 0.25) is 0 Å². The highest BCUT2D eigenvalue weighted by atomic mass is 32.2. The number of benzene rings is 4. The zero-order valence-corrected chi connectivity index (χ0v) is 54.3. The van der Waals surface area contributed by atoms with E-state index in [1.54, 1.807) is 55.7 Å². The number of thioether (sulfide) groups is 1. The Hall–Kier alpha value is -9.68. The normalized spacial score (nSPS) is 14.0. The fraction of sp³-hybridized carbons (Fsp3) is 0.415. The quantitative estimate of drug-likeness (QED) is 0.0188. The predicted octanol–water partition coefficient (Wildman–Crippen LogP) is 0.346. The van der Waals surface area contributed by atoms with Gasteiger partial charge in [0.15, 0.2) is 17.5 Å². The summed E-state index contributed by atoms with van der Waals surface area (Å²) in [5, 5.41) is 29.2. The van der Waals surface area contributed by atoms with Gasteiger partial charge in [0.2, 0.25) is 59.1 Å². The van der Waals surface area contributed by atoms with Crippen molar-refractivity contribution in [3.63, 3.8) is 0 Å². The number of nitrogens with zero attached hydrogens (tertiary/aromatic N) is 3. The van der Waals surface area contributed by atoms with E-state index in [4.69, 9.17) is 11.5 Å². The van der Waals surface area contributed by atoms with Gasteiger partial charge in [-0.15, -0.1) is 11.8 Å². The molecule has 13 N–H and O–H groups in total. The van der Waals surface area contributed by atoms with Crippen LogP contribution in [0.3, 0.4) is 0 Å². The molecule has 5 rings (SSSR count). The average Bonchev–Trinajstić information content (AvgIpc) is 1.81. The maximum atomic E-state index is 14.9. The van der Waals surface area contributed by atoms with Crippen LogP contribution in [0, 0.1) is 17.5 Å². The second-order valence-corrected chi connectivity index (χ2v) is 23.7. The summed E-state index contributed by atoms with van der Waals surface area (Å²) in [5.74, 6) is -14.7. The van der Waals surface area contributed by atoms with Crippen molar-refractivity contribution in [1.82, 2.24) is 56.9 Å². The van der Waals surface area contributed by atoms with Crippen LogP contribution in [0.4, 0.5) is 13.2 Å². The molecule has 0 spiro atoms. The number of carbonyl (C=O) groups excluding carboxylic acids is 12. The highest BCUT2D eigenvalue weighted by Gasteiger charge is 2.39. The number of rotatable bonds is 38. The van der Waals surface area contributed by atoms with Gasteiger partial charge in [-0.2, -0.15) is 0 Å². The molecular weight excluding hydrogens is 1260 g/mol. The van der Waals surface area contributed by atoms with Gasteiger partial charge in [-0.25, -0.2) is 13.2 Å². The van der Waals surface area contributed by atoms with Gasteiger partial charge in [-0.1, -0.05) is 60.7 Å². The number of hydrogen-bond donors (Lipinski definition) is 11. The Kier molecular flexibility index (Phi) is 29.8. The number of hydrogen-bond acceptors (Lipinski definition) is 16. The number of aldehydes is 2. The van der Waals surface area contributed by atoms with E-state index < -0.39 is 155 Å². The molecule has 0 saturated carbocycles. The lowest BCUT2D eigenvalue weighted by Crippen LogP contribution is -2.59. The number of halogens is 3. The number of H-pyrrole nitrogens is 1. The molecule has 95 heavy (non-hydrogen) atoms. The number of amides is 10. The third kappa shape index (κ3) is 22.5. The van der Waals surface area contributed by atoms with Crippen molar-refractivity contribution in [2.45, 2.75) is 120 Å². The molecule has 30 heteroatoms. The number of phenolic OH excluding ortho intramolecular Hbond substituents is 1. The maximum Gasteiger partial charge on any atom is 0.246 e. The van der Waals surface area contributed by atoms with Gasteiger partial charge >= 0.3 is 0 Å². The predicted molar refractivity (Wildman–Crippen MR) is 347 cm³/mol. The molecule has 1 heterocycles. The van der Waals surface area contributed by atoms with Crippen LogP contribution < -0.4 is 48.7 Å². The van der Waals surface area contributed by atoms with Crippen molar-refractivity contribution in [2.24, 2.45) is 11.5 Å². The zero-order chi connectivity index (χ0) is 70.1. The molecule has 10 amide bonds. The molecule has 0 aliphatic rings. The number of para-hydroxylation sites is 1. The molecule has 26 nitrogen and oxygen atoms in total. The van der Waals surface area contributed by atoms with Crippen molar-refractivity contribution in [2.75, 3.05) is 52.8 Å². The second kappa shape index (κ2) is 37.3. The molecule has 0 saturated heterocycles. The van der Waals surface area contributed by atoms with Gasteiger partial charge in [-0.3, -0.25) is 47.9 Å². The van der Waals surface area contributed by atoms with Gasteiger partial charge < -0.3 is 83.1 Å². The lowest BCUT2D eigenvalue weighted by Gasteiger charge is -2.36. The average molecular weight is 1340 g/mol. The molecule has 0 bridgehead atoms. The molecule has 0 radical (unpaired) electrons. The van der Waals surface area contributed by atoms with E-state index in [0.717, 1.165) is 42.9 Å². The summed E-state index contributed by atoms with van der Waals surface area (Å²) >= 11 is 0.720. The van der Waals surface area contributed by atoms with Crippen LogP contribution in [0.5, 0.6) is 5.75 Å². The Morgan fingerprint density at radius 2 is 1.21 bits per heavy atom. The highest BCUT2D eigenvalue weighted by molar-refractivity contribution is 8.00. The topological polar surface area (TPSA) is 387 Å². The van der Waals surface area contributed by atoms with Gasteiger partial charge in [-0.05, 0) is 106 Å². The van der Waals surface area contributed by atoms with E-state index in [0.29, 0.717) is 35.8 Å². The Morgan fingerprint density at radius 3 is 1.84 bits per heavy atom. The first-order valence-corrected chi connectivity index (χ1v) is 31.6. The molecular formula is C65H82F3N13O13S. The van der Waals surface area contributed by atoms with Crippen LogP contribution in [0.15, 0.2) is 97.2 Å². The smallest absolute Gasteiger partial charge is 0.246 e. The molecule has 1 aromatic heterocycles. The number of phenols is 1. The van der Waals surface area contributed by atoms with E-state index in [2.05, 4.69) is 42.2 Å². The van der Waals surface area contributed by atoms with E-state index in [-0.39, 0.29) is 62.8 Å². The van der Waals surface area contributed by atoms with Crippen LogP contribution in [0.1, 0.15) is 61.8 Å². The Labute approximate surface area is 551 Å². The monoisotopic (exact) mass is 1340 g/mol. The molecule has 0 aliphatic carbocycles. The number of primary amides is 1.